The van der Waals surface area contributed by atoms with Gasteiger partial charge in [0, 0.05) is 25.2 Å². The second kappa shape index (κ2) is 7.14. The molecule has 0 spiro atoms. The molecule has 0 aliphatic carbocycles. The molecule has 3 unspecified atom stereocenters. The Kier molecular flexibility index (Phi) is 5.48. The minimum Gasteiger partial charge on any atom is -0.493 e. The van der Waals surface area contributed by atoms with E-state index in [4.69, 9.17) is 15.2 Å². The molecule has 1 aromatic rings. The Bertz CT molecular complexity index is 464. The summed E-state index contributed by atoms with van der Waals surface area (Å²) in [5, 5.41) is 0. The fraction of sp³-hybridized carbons (Fsp3) is 0.647. The minimum atomic E-state index is -0.00226. The first-order valence-corrected chi connectivity index (χ1v) is 7.76. The molecule has 1 aromatic carbocycles. The van der Waals surface area contributed by atoms with Gasteiger partial charge >= 0.3 is 0 Å². The molecule has 0 amide bonds. The van der Waals surface area contributed by atoms with E-state index in [2.05, 4.69) is 18.7 Å². The molecule has 0 saturated carbocycles. The highest BCUT2D eigenvalue weighted by Crippen LogP contribution is 2.30. The second-order valence-corrected chi connectivity index (χ2v) is 6.21. The smallest absolute Gasteiger partial charge is 0.161 e. The maximum Gasteiger partial charge on any atom is 0.161 e. The maximum atomic E-state index is 6.41. The van der Waals surface area contributed by atoms with Gasteiger partial charge in [0.25, 0.3) is 0 Å². The Morgan fingerprint density at radius 1 is 1.19 bits per heavy atom. The molecule has 118 valence electrons. The average molecular weight is 292 g/mol. The highest BCUT2D eigenvalue weighted by atomic mass is 16.5. The molecule has 3 atom stereocenters. The van der Waals surface area contributed by atoms with Crippen LogP contribution in [0.15, 0.2) is 18.2 Å². The van der Waals surface area contributed by atoms with Crippen LogP contribution in [-0.4, -0.2) is 38.3 Å². The van der Waals surface area contributed by atoms with Crippen molar-refractivity contribution < 1.29 is 9.47 Å². The molecule has 0 radical (unpaired) electrons. The summed E-state index contributed by atoms with van der Waals surface area (Å²) in [6, 6.07) is 6.56. The molecule has 21 heavy (non-hydrogen) atoms. The van der Waals surface area contributed by atoms with Crippen molar-refractivity contribution in [2.45, 2.75) is 38.8 Å². The van der Waals surface area contributed by atoms with Crippen molar-refractivity contribution in [3.05, 3.63) is 23.8 Å². The molecule has 0 aromatic heterocycles. The van der Waals surface area contributed by atoms with E-state index in [0.717, 1.165) is 36.1 Å². The van der Waals surface area contributed by atoms with E-state index in [1.807, 2.05) is 18.2 Å². The van der Waals surface area contributed by atoms with E-state index >= 15 is 0 Å². The van der Waals surface area contributed by atoms with Gasteiger partial charge in [-0.15, -0.1) is 0 Å². The first-order valence-electron chi connectivity index (χ1n) is 7.76. The number of nitrogens with two attached hydrogens (primary N) is 1. The van der Waals surface area contributed by atoms with Crippen LogP contribution in [0, 0.1) is 5.92 Å². The molecule has 1 fully saturated rings. The van der Waals surface area contributed by atoms with Gasteiger partial charge in [-0.1, -0.05) is 13.0 Å². The minimum absolute atomic E-state index is 0.00226. The van der Waals surface area contributed by atoms with Crippen LogP contribution in [-0.2, 0) is 0 Å². The molecule has 1 heterocycles. The number of nitrogens with zero attached hydrogens (tertiary/aromatic N) is 1. The quantitative estimate of drug-likeness (QED) is 0.906. The first kappa shape index (κ1) is 16.1. The van der Waals surface area contributed by atoms with Crippen molar-refractivity contribution in [1.82, 2.24) is 4.90 Å². The van der Waals surface area contributed by atoms with Crippen LogP contribution in [0.25, 0.3) is 0 Å². The zero-order chi connectivity index (χ0) is 15.4. The largest absolute Gasteiger partial charge is 0.493 e. The summed E-state index contributed by atoms with van der Waals surface area (Å²) in [6.07, 6.45) is 2.59. The third-order valence-electron chi connectivity index (χ3n) is 4.51. The number of methoxy groups -OCH3 is 2. The van der Waals surface area contributed by atoms with Crippen molar-refractivity contribution >= 4 is 0 Å². The molecule has 1 aliphatic rings. The lowest BCUT2D eigenvalue weighted by Gasteiger charge is -2.38. The van der Waals surface area contributed by atoms with Crippen LogP contribution in [0.4, 0.5) is 0 Å². The third-order valence-corrected chi connectivity index (χ3v) is 4.51. The lowest BCUT2D eigenvalue weighted by atomic mass is 9.94. The molecule has 4 nitrogen and oxygen atoms in total. The topological polar surface area (TPSA) is 47.7 Å². The Balaban J connectivity index is 2.07. The van der Waals surface area contributed by atoms with Crippen molar-refractivity contribution in [1.29, 1.82) is 0 Å². The third kappa shape index (κ3) is 3.89. The van der Waals surface area contributed by atoms with E-state index in [1.165, 1.54) is 12.8 Å². The van der Waals surface area contributed by atoms with Crippen molar-refractivity contribution in [2.75, 3.05) is 27.3 Å². The van der Waals surface area contributed by atoms with Gasteiger partial charge in [-0.25, -0.2) is 0 Å². The Labute approximate surface area is 128 Å². The van der Waals surface area contributed by atoms with Crippen molar-refractivity contribution in [3.8, 4) is 11.5 Å². The molecule has 1 aliphatic heterocycles. The fourth-order valence-corrected chi connectivity index (χ4v) is 3.08. The standard InChI is InChI=1S/C17H28N2O2/c1-12-5-6-13(2)19(10-12)11-15(18)14-7-8-16(20-3)17(9-14)21-4/h7-9,12-13,15H,5-6,10-11,18H2,1-4H3. The van der Waals surface area contributed by atoms with Crippen LogP contribution in [0.2, 0.25) is 0 Å². The van der Waals surface area contributed by atoms with Gasteiger partial charge in [0.15, 0.2) is 11.5 Å². The van der Waals surface area contributed by atoms with Gasteiger partial charge in [0.05, 0.1) is 14.2 Å². The van der Waals surface area contributed by atoms with Crippen LogP contribution in [0.5, 0.6) is 11.5 Å². The normalized spacial score (nSPS) is 24.6. The van der Waals surface area contributed by atoms with E-state index in [1.54, 1.807) is 14.2 Å². The fourth-order valence-electron chi connectivity index (χ4n) is 3.08. The maximum absolute atomic E-state index is 6.41. The Morgan fingerprint density at radius 2 is 1.90 bits per heavy atom. The lowest BCUT2D eigenvalue weighted by molar-refractivity contribution is 0.117. The number of benzene rings is 1. The van der Waals surface area contributed by atoms with Gasteiger partial charge in [-0.05, 0) is 43.4 Å². The summed E-state index contributed by atoms with van der Waals surface area (Å²) in [5.41, 5.74) is 7.51. The monoisotopic (exact) mass is 292 g/mol. The predicted molar refractivity (Wildman–Crippen MR) is 85.9 cm³/mol. The van der Waals surface area contributed by atoms with Crippen LogP contribution in [0.3, 0.4) is 0 Å². The summed E-state index contributed by atoms with van der Waals surface area (Å²) in [4.78, 5) is 2.51. The van der Waals surface area contributed by atoms with Crippen molar-refractivity contribution in [3.63, 3.8) is 0 Å². The summed E-state index contributed by atoms with van der Waals surface area (Å²) < 4.78 is 10.6. The number of hydrogen-bond acceptors (Lipinski definition) is 4. The number of ether oxygens (including phenoxy) is 2. The Hall–Kier alpha value is -1.26. The second-order valence-electron chi connectivity index (χ2n) is 6.21. The predicted octanol–water partition coefficient (Wildman–Crippen LogP) is 2.82. The van der Waals surface area contributed by atoms with Crippen LogP contribution < -0.4 is 15.2 Å². The van der Waals surface area contributed by atoms with Gasteiger partial charge in [-0.2, -0.15) is 0 Å². The molecule has 1 saturated heterocycles. The highest BCUT2D eigenvalue weighted by Gasteiger charge is 2.24. The zero-order valence-electron chi connectivity index (χ0n) is 13.6. The number of likely N-dealkylation sites (tertiary alicyclic amines) is 1. The van der Waals surface area contributed by atoms with Gasteiger partial charge in [-0.3, -0.25) is 4.90 Å². The average Bonchev–Trinajstić information content (AvgIpc) is 2.50. The van der Waals surface area contributed by atoms with E-state index in [0.29, 0.717) is 6.04 Å². The van der Waals surface area contributed by atoms with E-state index < -0.39 is 0 Å². The zero-order valence-corrected chi connectivity index (χ0v) is 13.6. The van der Waals surface area contributed by atoms with E-state index in [9.17, 15) is 0 Å². The highest BCUT2D eigenvalue weighted by molar-refractivity contribution is 5.43. The van der Waals surface area contributed by atoms with Gasteiger partial charge in [0.1, 0.15) is 0 Å². The number of hydrogen-bond donors (Lipinski definition) is 1. The summed E-state index contributed by atoms with van der Waals surface area (Å²) in [6.45, 7) is 6.65. The molecule has 0 bridgehead atoms. The summed E-state index contributed by atoms with van der Waals surface area (Å²) >= 11 is 0. The van der Waals surface area contributed by atoms with Gasteiger partial charge < -0.3 is 15.2 Å². The molecular weight excluding hydrogens is 264 g/mol. The summed E-state index contributed by atoms with van der Waals surface area (Å²) in [5.74, 6) is 2.25. The Morgan fingerprint density at radius 3 is 2.57 bits per heavy atom. The molecule has 2 N–H and O–H groups in total. The van der Waals surface area contributed by atoms with E-state index in [-0.39, 0.29) is 6.04 Å². The number of piperidine rings is 1. The van der Waals surface area contributed by atoms with Crippen LogP contribution >= 0.6 is 0 Å². The molecular formula is C17H28N2O2. The van der Waals surface area contributed by atoms with Gasteiger partial charge in [0.2, 0.25) is 0 Å². The van der Waals surface area contributed by atoms with Crippen molar-refractivity contribution in [2.24, 2.45) is 11.7 Å². The molecule has 4 heteroatoms. The summed E-state index contributed by atoms with van der Waals surface area (Å²) in [7, 11) is 3.30. The SMILES string of the molecule is COc1ccc(C(N)CN2CC(C)CCC2C)cc1OC. The van der Waals surface area contributed by atoms with Crippen LogP contribution in [0.1, 0.15) is 38.3 Å². The lowest BCUT2D eigenvalue weighted by Crippen LogP contribution is -2.44. The number of rotatable bonds is 5. The first-order chi connectivity index (χ1) is 10.0. The molecule has 2 rings (SSSR count).